The highest BCUT2D eigenvalue weighted by Crippen LogP contribution is 2.26. The highest BCUT2D eigenvalue weighted by molar-refractivity contribution is 5.56. The van der Waals surface area contributed by atoms with Gasteiger partial charge in [-0.05, 0) is 36.0 Å². The molecule has 3 nitrogen and oxygen atoms in total. The molecule has 0 saturated carbocycles. The fourth-order valence-electron chi connectivity index (χ4n) is 2.31. The molecule has 3 heteroatoms. The predicted octanol–water partition coefficient (Wildman–Crippen LogP) is 2.75. The first-order valence-corrected chi connectivity index (χ1v) is 6.84. The number of benzene rings is 1. The molecule has 0 aliphatic carbocycles. The third-order valence-corrected chi connectivity index (χ3v) is 3.29. The molecular weight excluding hydrogens is 224 g/mol. The van der Waals surface area contributed by atoms with E-state index in [0.29, 0.717) is 5.92 Å². The molecule has 0 amide bonds. The molecule has 1 aromatic carbocycles. The predicted molar refractivity (Wildman–Crippen MR) is 75.7 cm³/mol. The second-order valence-corrected chi connectivity index (χ2v) is 5.51. The lowest BCUT2D eigenvalue weighted by Gasteiger charge is -2.27. The SMILES string of the molecule is CC(C)CONCc1ccc2c(c1)CCCN2C. The van der Waals surface area contributed by atoms with Gasteiger partial charge in [0.05, 0.1) is 6.61 Å². The van der Waals surface area contributed by atoms with Crippen LogP contribution in [0.25, 0.3) is 0 Å². The molecule has 0 aromatic heterocycles. The second kappa shape index (κ2) is 6.21. The van der Waals surface area contributed by atoms with E-state index in [1.54, 1.807) is 0 Å². The van der Waals surface area contributed by atoms with E-state index < -0.39 is 0 Å². The van der Waals surface area contributed by atoms with Gasteiger partial charge in [0.1, 0.15) is 0 Å². The van der Waals surface area contributed by atoms with Crippen LogP contribution in [0.1, 0.15) is 31.4 Å². The lowest BCUT2D eigenvalue weighted by molar-refractivity contribution is 0.0196. The fraction of sp³-hybridized carbons (Fsp3) is 0.600. The summed E-state index contributed by atoms with van der Waals surface area (Å²) in [6, 6.07) is 6.72. The van der Waals surface area contributed by atoms with Crippen molar-refractivity contribution in [1.82, 2.24) is 5.48 Å². The topological polar surface area (TPSA) is 24.5 Å². The van der Waals surface area contributed by atoms with Crippen LogP contribution in [0.2, 0.25) is 0 Å². The molecule has 1 N–H and O–H groups in total. The molecule has 1 aromatic rings. The van der Waals surface area contributed by atoms with Crippen LogP contribution in [0.3, 0.4) is 0 Å². The van der Waals surface area contributed by atoms with Crippen molar-refractivity contribution in [2.24, 2.45) is 5.92 Å². The Morgan fingerprint density at radius 1 is 1.39 bits per heavy atom. The van der Waals surface area contributed by atoms with E-state index in [1.807, 2.05) is 0 Å². The van der Waals surface area contributed by atoms with Gasteiger partial charge in [0.2, 0.25) is 0 Å². The molecule has 1 aliphatic heterocycles. The molecule has 0 unspecified atom stereocenters. The van der Waals surface area contributed by atoms with Gasteiger partial charge in [-0.15, -0.1) is 0 Å². The Balaban J connectivity index is 1.90. The Labute approximate surface area is 110 Å². The molecule has 1 heterocycles. The molecule has 0 bridgehead atoms. The smallest absolute Gasteiger partial charge is 0.0705 e. The molecule has 0 fully saturated rings. The maximum absolute atomic E-state index is 5.40. The van der Waals surface area contributed by atoms with Crippen molar-refractivity contribution in [3.05, 3.63) is 29.3 Å². The Bertz CT molecular complexity index is 390. The Hall–Kier alpha value is -1.06. The number of hydroxylamine groups is 1. The Morgan fingerprint density at radius 3 is 3.00 bits per heavy atom. The van der Waals surface area contributed by atoms with Crippen LogP contribution in [-0.4, -0.2) is 20.2 Å². The number of hydrogen-bond acceptors (Lipinski definition) is 3. The van der Waals surface area contributed by atoms with Gasteiger partial charge in [0.25, 0.3) is 0 Å². The van der Waals surface area contributed by atoms with E-state index in [2.05, 4.69) is 49.5 Å². The van der Waals surface area contributed by atoms with Crippen LogP contribution in [0.5, 0.6) is 0 Å². The summed E-state index contributed by atoms with van der Waals surface area (Å²) in [4.78, 5) is 7.74. The lowest BCUT2D eigenvalue weighted by Crippen LogP contribution is -2.25. The average Bonchev–Trinajstić information content (AvgIpc) is 2.35. The van der Waals surface area contributed by atoms with Gasteiger partial charge in [-0.2, -0.15) is 5.48 Å². The molecule has 0 radical (unpaired) electrons. The van der Waals surface area contributed by atoms with E-state index in [0.717, 1.165) is 13.2 Å². The number of aryl methyl sites for hydroxylation is 1. The van der Waals surface area contributed by atoms with Gasteiger partial charge in [0.15, 0.2) is 0 Å². The zero-order chi connectivity index (χ0) is 13.0. The van der Waals surface area contributed by atoms with Gasteiger partial charge < -0.3 is 9.74 Å². The minimum Gasteiger partial charge on any atom is -0.374 e. The summed E-state index contributed by atoms with van der Waals surface area (Å²) in [6.45, 7) is 7.01. The van der Waals surface area contributed by atoms with Crippen molar-refractivity contribution in [3.63, 3.8) is 0 Å². The standard InChI is InChI=1S/C15H24N2O/c1-12(2)11-18-16-10-13-6-7-15-14(9-13)5-4-8-17(15)3/h6-7,9,12,16H,4-5,8,10-11H2,1-3H3. The Kier molecular flexibility index (Phi) is 4.61. The maximum Gasteiger partial charge on any atom is 0.0705 e. The summed E-state index contributed by atoms with van der Waals surface area (Å²) in [5, 5.41) is 0. The first kappa shape index (κ1) is 13.4. The van der Waals surface area contributed by atoms with E-state index in [4.69, 9.17) is 4.84 Å². The average molecular weight is 248 g/mol. The number of rotatable bonds is 5. The van der Waals surface area contributed by atoms with Crippen LogP contribution in [-0.2, 0) is 17.8 Å². The lowest BCUT2D eigenvalue weighted by atomic mass is 10.00. The minimum absolute atomic E-state index is 0.565. The monoisotopic (exact) mass is 248 g/mol. The summed E-state index contributed by atoms with van der Waals surface area (Å²) >= 11 is 0. The number of nitrogens with zero attached hydrogens (tertiary/aromatic N) is 1. The molecular formula is C15H24N2O. The number of hydrogen-bond donors (Lipinski definition) is 1. The molecule has 0 saturated heterocycles. The van der Waals surface area contributed by atoms with Crippen molar-refractivity contribution < 1.29 is 4.84 Å². The summed E-state index contributed by atoms with van der Waals surface area (Å²) < 4.78 is 0. The summed E-state index contributed by atoms with van der Waals surface area (Å²) in [6.07, 6.45) is 2.45. The van der Waals surface area contributed by atoms with Crippen LogP contribution in [0.15, 0.2) is 18.2 Å². The van der Waals surface area contributed by atoms with Gasteiger partial charge in [0, 0.05) is 25.8 Å². The molecule has 1 aliphatic rings. The summed E-state index contributed by atoms with van der Waals surface area (Å²) in [5.41, 5.74) is 7.18. The molecule has 2 rings (SSSR count). The third kappa shape index (κ3) is 3.47. The molecule has 0 atom stereocenters. The Morgan fingerprint density at radius 2 is 2.22 bits per heavy atom. The van der Waals surface area contributed by atoms with Crippen molar-refractivity contribution in [1.29, 1.82) is 0 Å². The zero-order valence-corrected chi connectivity index (χ0v) is 11.7. The van der Waals surface area contributed by atoms with E-state index in [1.165, 1.54) is 36.2 Å². The quantitative estimate of drug-likeness (QED) is 0.640. The third-order valence-electron chi connectivity index (χ3n) is 3.29. The molecule has 100 valence electrons. The largest absolute Gasteiger partial charge is 0.374 e. The number of fused-ring (bicyclic) bond motifs is 1. The van der Waals surface area contributed by atoms with E-state index in [-0.39, 0.29) is 0 Å². The maximum atomic E-state index is 5.40. The fourth-order valence-corrected chi connectivity index (χ4v) is 2.31. The second-order valence-electron chi connectivity index (χ2n) is 5.51. The normalized spacial score (nSPS) is 15.0. The van der Waals surface area contributed by atoms with Gasteiger partial charge in [-0.3, -0.25) is 0 Å². The van der Waals surface area contributed by atoms with Crippen LogP contribution in [0.4, 0.5) is 5.69 Å². The van der Waals surface area contributed by atoms with Crippen LogP contribution >= 0.6 is 0 Å². The molecule has 18 heavy (non-hydrogen) atoms. The van der Waals surface area contributed by atoms with Crippen molar-refractivity contribution in [2.75, 3.05) is 25.1 Å². The minimum atomic E-state index is 0.565. The highest BCUT2D eigenvalue weighted by atomic mass is 16.6. The molecule has 0 spiro atoms. The van der Waals surface area contributed by atoms with E-state index in [9.17, 15) is 0 Å². The number of nitrogens with one attached hydrogen (secondary N) is 1. The van der Waals surface area contributed by atoms with Gasteiger partial charge in [-0.25, -0.2) is 0 Å². The summed E-state index contributed by atoms with van der Waals surface area (Å²) in [7, 11) is 2.17. The van der Waals surface area contributed by atoms with Gasteiger partial charge >= 0.3 is 0 Å². The number of anilines is 1. The van der Waals surface area contributed by atoms with Gasteiger partial charge in [-0.1, -0.05) is 26.0 Å². The van der Waals surface area contributed by atoms with E-state index >= 15 is 0 Å². The first-order valence-electron chi connectivity index (χ1n) is 6.84. The van der Waals surface area contributed by atoms with Crippen LogP contribution in [0, 0.1) is 5.92 Å². The van der Waals surface area contributed by atoms with Crippen molar-refractivity contribution in [2.45, 2.75) is 33.2 Å². The highest BCUT2D eigenvalue weighted by Gasteiger charge is 2.13. The van der Waals surface area contributed by atoms with Crippen LogP contribution < -0.4 is 10.4 Å². The van der Waals surface area contributed by atoms with Crippen molar-refractivity contribution >= 4 is 5.69 Å². The summed E-state index contributed by atoms with van der Waals surface area (Å²) in [5.74, 6) is 0.565. The zero-order valence-electron chi connectivity index (χ0n) is 11.7. The first-order chi connectivity index (χ1) is 8.66. The van der Waals surface area contributed by atoms with Crippen molar-refractivity contribution in [3.8, 4) is 0 Å².